The maximum atomic E-state index is 14.8. The zero-order valence-electron chi connectivity index (χ0n) is 68.4. The summed E-state index contributed by atoms with van der Waals surface area (Å²) < 4.78 is 0. The number of hydrogen-bond donors (Lipinski definition) is 23. The third kappa shape index (κ3) is 35.2. The molecule has 0 saturated carbocycles. The molecule has 12 unspecified atom stereocenters. The molecule has 2 saturated heterocycles. The van der Waals surface area contributed by atoms with Gasteiger partial charge in [0.1, 0.15) is 78.7 Å². The lowest BCUT2D eigenvalue weighted by molar-refractivity contribution is -0.145. The van der Waals surface area contributed by atoms with E-state index in [1.54, 1.807) is 74.1 Å². The Morgan fingerprint density at radius 2 is 0.763 bits per heavy atom. The van der Waals surface area contributed by atoms with Crippen LogP contribution in [0.4, 0.5) is 0 Å². The highest BCUT2D eigenvalue weighted by molar-refractivity contribution is 8.00. The summed E-state index contributed by atoms with van der Waals surface area (Å²) in [5.74, 6) is -14.6. The number of hydrogen-bond acceptors (Lipinski definition) is 25. The maximum absolute atomic E-state index is 14.8. The molecule has 2 heterocycles. The van der Waals surface area contributed by atoms with Crippen molar-refractivity contribution in [1.82, 2.24) is 73.6 Å². The van der Waals surface area contributed by atoms with Crippen LogP contribution in [0.5, 0.6) is 0 Å². The number of rotatable bonds is 56. The number of nitrogens with two attached hydrogens (primary N) is 5. The van der Waals surface area contributed by atoms with E-state index < -0.39 is 209 Å². The van der Waals surface area contributed by atoms with Crippen LogP contribution in [0.25, 0.3) is 0 Å². The number of carboxylic acid groups (broad SMARTS) is 1. The average molecular weight is 1640 g/mol. The van der Waals surface area contributed by atoms with Crippen LogP contribution in [0.3, 0.4) is 0 Å². The number of β-amino-alcohol motifs (C(OH)–C–C–N with tert-alkyl or cyclic N) is 1. The number of imide groups is 1. The van der Waals surface area contributed by atoms with E-state index in [4.69, 9.17) is 34.1 Å². The molecule has 0 aromatic carbocycles. The number of carbonyl (C=O) groups excluding carboxylic acids is 13. The largest absolute Gasteiger partial charge is 0.480 e. The van der Waals surface area contributed by atoms with Crippen LogP contribution in [0.1, 0.15) is 185 Å². The lowest BCUT2D eigenvalue weighted by atomic mass is 9.94. The van der Waals surface area contributed by atoms with Crippen molar-refractivity contribution in [2.24, 2.45) is 58.3 Å². The SMILES string of the molecule is CC(=O)NC(C(=O)NC(C(=O)NC(C(=O)NC(CCCCN)C(=O)NC(CCCCN)C(=O)NC(CCCCN)C(=O)NC(CCCNC(=N)N)C(=O)NC(CCCCN)C(=O)NC(C(=O)NC(C(=O)NC(CSC1CC(=O)N(CCCCN2C[C@H](O)[C@@H](O)[C@@H](O)[C@H]2CO)C1=O)C(=O)O)C(C)C)C(C)C)C(C)C)C(C)C)C(C)C. The number of carbonyl (C=O) groups is 14. The molecule has 2 fully saturated rings. The van der Waals surface area contributed by atoms with Crippen LogP contribution in [0.15, 0.2) is 0 Å². The van der Waals surface area contributed by atoms with Crippen molar-refractivity contribution in [3.8, 4) is 0 Å². The van der Waals surface area contributed by atoms with E-state index in [-0.39, 0.29) is 128 Å². The van der Waals surface area contributed by atoms with Crippen molar-refractivity contribution in [3.63, 3.8) is 0 Å². The van der Waals surface area contributed by atoms with E-state index in [9.17, 15) is 92.7 Å². The molecular weight excluding hydrogens is 1510 g/mol. The number of aliphatic hydroxyl groups is 4. The Labute approximate surface area is 673 Å². The monoisotopic (exact) mass is 1640 g/mol. The summed E-state index contributed by atoms with van der Waals surface area (Å²) in [6.07, 6.45) is -0.948. The fraction of sp³-hybridized carbons (Fsp3) is 0.797. The molecule has 16 atom stereocenters. The summed E-state index contributed by atoms with van der Waals surface area (Å²) >= 11 is 0.844. The average Bonchev–Trinajstić information content (AvgIpc) is 1.24. The number of unbranched alkanes of at least 4 members (excludes halogenated alkanes) is 5. The molecule has 652 valence electrons. The minimum atomic E-state index is -1.62. The van der Waals surface area contributed by atoms with Gasteiger partial charge in [-0.25, -0.2) is 4.79 Å². The normalized spacial score (nSPS) is 19.4. The maximum Gasteiger partial charge on any atom is 0.327 e. The van der Waals surface area contributed by atoms with Crippen molar-refractivity contribution in [2.45, 2.75) is 281 Å². The molecule has 0 spiro atoms. The minimum absolute atomic E-state index is 0.00278. The summed E-state index contributed by atoms with van der Waals surface area (Å²) in [7, 11) is 0. The number of thioether (sulfide) groups is 1. The third-order valence-electron chi connectivity index (χ3n) is 19.8. The van der Waals surface area contributed by atoms with Crippen molar-refractivity contribution in [3.05, 3.63) is 0 Å². The number of carboxylic acids is 1. The number of nitrogens with one attached hydrogen (secondary N) is 13. The summed E-state index contributed by atoms with van der Waals surface area (Å²) in [4.78, 5) is 198. The van der Waals surface area contributed by atoms with Gasteiger partial charge in [-0.15, -0.1) is 11.8 Å². The molecule has 2 rings (SSSR count). The molecular formula is C74H136N20O19S. The number of guanidine groups is 1. The van der Waals surface area contributed by atoms with Crippen LogP contribution in [-0.4, -0.2) is 285 Å². The van der Waals surface area contributed by atoms with Crippen LogP contribution in [0, 0.1) is 35.0 Å². The van der Waals surface area contributed by atoms with Gasteiger partial charge in [-0.05, 0) is 165 Å². The molecule has 0 bridgehead atoms. The second kappa shape index (κ2) is 53.3. The van der Waals surface area contributed by atoms with Gasteiger partial charge in [0.2, 0.25) is 76.8 Å². The van der Waals surface area contributed by atoms with E-state index in [0.717, 1.165) is 16.7 Å². The van der Waals surface area contributed by atoms with Gasteiger partial charge >= 0.3 is 5.97 Å². The van der Waals surface area contributed by atoms with Gasteiger partial charge in [0.05, 0.1) is 24.0 Å². The van der Waals surface area contributed by atoms with E-state index in [0.29, 0.717) is 51.4 Å². The second-order valence-electron chi connectivity index (χ2n) is 31.1. The van der Waals surface area contributed by atoms with Gasteiger partial charge in [-0.3, -0.25) is 77.5 Å². The molecule has 0 aliphatic carbocycles. The first-order valence-corrected chi connectivity index (χ1v) is 41.0. The summed E-state index contributed by atoms with van der Waals surface area (Å²) in [6.45, 7) is 18.4. The highest BCUT2D eigenvalue weighted by Crippen LogP contribution is 2.27. The van der Waals surface area contributed by atoms with Crippen molar-refractivity contribution < 1.29 is 92.7 Å². The number of likely N-dealkylation sites (tertiary alicyclic amines) is 2. The first-order valence-electron chi connectivity index (χ1n) is 40.0. The first kappa shape index (κ1) is 102. The van der Waals surface area contributed by atoms with Crippen LogP contribution >= 0.6 is 11.8 Å². The van der Waals surface area contributed by atoms with E-state index in [1.807, 2.05) is 0 Å². The van der Waals surface area contributed by atoms with E-state index >= 15 is 0 Å². The lowest BCUT2D eigenvalue weighted by Crippen LogP contribution is -2.62. The van der Waals surface area contributed by atoms with Gasteiger partial charge in [0, 0.05) is 38.7 Å². The summed E-state index contributed by atoms with van der Waals surface area (Å²) in [6, 6.07) is -15.5. The topological polar surface area (TPSA) is 645 Å². The lowest BCUT2D eigenvalue weighted by Gasteiger charge is -2.43. The van der Waals surface area contributed by atoms with Gasteiger partial charge < -0.3 is 118 Å². The van der Waals surface area contributed by atoms with Gasteiger partial charge in [0.15, 0.2) is 5.96 Å². The zero-order chi connectivity index (χ0) is 86.2. The summed E-state index contributed by atoms with van der Waals surface area (Å²) in [5, 5.41) is 89.6. The first-order chi connectivity index (χ1) is 53.7. The van der Waals surface area contributed by atoms with Gasteiger partial charge in [0.25, 0.3) is 0 Å². The smallest absolute Gasteiger partial charge is 0.327 e. The van der Waals surface area contributed by atoms with Crippen molar-refractivity contribution in [1.29, 1.82) is 5.41 Å². The standard InChI is InChI=1S/C74H136N20O19S/c1-39(2)55(82-44(11)96)69(108)92-59(43(9)10)71(110)90-56(40(3)4)67(106)87-47(25-14-18-30-77)64(103)84-45(23-12-16-28-75)62(101)83-46(24-13-17-29-76)63(102)86-49(27-22-32-81-74(79)80)65(104)85-48(26-15-19-31-78)66(105)89-58(42(7)8)70(109)91-57(41(5)6)68(107)88-50(73(112)113)38-114-53-35-54(98)94(72(53)111)34-21-20-33-93-36-52(97)61(100)60(99)51(93)37-95/h39-43,45-53,55-61,95,97,99-100H,12-38,75-78H2,1-11H3,(H,82,96)(H,83,101)(H,84,103)(H,85,104)(H,86,102)(H,87,106)(H,88,107)(H,89,105)(H,90,110)(H,91,109)(H,92,108)(H,112,113)(H4,79,80,81)/t45?,46?,47?,48?,49?,50?,51-,52+,53?,55?,56?,57?,58?,59?,60+,61-/m1/s1. The Kier molecular flexibility index (Phi) is 47.8. The Morgan fingerprint density at radius 3 is 1.10 bits per heavy atom. The molecule has 0 aromatic rings. The Bertz CT molecular complexity index is 3120. The predicted molar refractivity (Wildman–Crippen MR) is 427 cm³/mol. The molecule has 2 aliphatic rings. The van der Waals surface area contributed by atoms with E-state index in [2.05, 4.69) is 63.8 Å². The number of aliphatic carboxylic acids is 1. The zero-order valence-corrected chi connectivity index (χ0v) is 69.2. The molecule has 13 amide bonds. The Morgan fingerprint density at radius 1 is 0.447 bits per heavy atom. The summed E-state index contributed by atoms with van der Waals surface area (Å²) in [5.41, 5.74) is 29.1. The van der Waals surface area contributed by atoms with Crippen LogP contribution in [0.2, 0.25) is 0 Å². The predicted octanol–water partition coefficient (Wildman–Crippen LogP) is -5.12. The molecule has 39 nitrogen and oxygen atoms in total. The highest BCUT2D eigenvalue weighted by atomic mass is 32.2. The number of amides is 13. The van der Waals surface area contributed by atoms with Crippen LogP contribution < -0.4 is 92.5 Å². The molecule has 2 aliphatic heterocycles. The molecule has 40 heteroatoms. The third-order valence-corrected chi connectivity index (χ3v) is 21.1. The minimum Gasteiger partial charge on any atom is -0.480 e. The quantitative estimate of drug-likeness (QED) is 0.0117. The second-order valence-corrected chi connectivity index (χ2v) is 32.3. The van der Waals surface area contributed by atoms with E-state index in [1.165, 1.54) is 6.92 Å². The number of nitrogens with zero attached hydrogens (tertiary/aromatic N) is 2. The Balaban J connectivity index is 2.44. The number of piperidine rings is 1. The number of aliphatic hydroxyl groups excluding tert-OH is 4. The van der Waals surface area contributed by atoms with Crippen molar-refractivity contribution in [2.75, 3.05) is 64.7 Å². The van der Waals surface area contributed by atoms with Gasteiger partial charge in [-0.1, -0.05) is 69.2 Å². The fourth-order valence-electron chi connectivity index (χ4n) is 13.0. The highest BCUT2D eigenvalue weighted by Gasteiger charge is 2.44. The molecule has 114 heavy (non-hydrogen) atoms. The van der Waals surface area contributed by atoms with Crippen molar-refractivity contribution >= 4 is 100 Å². The molecule has 0 aromatic heterocycles. The van der Waals surface area contributed by atoms with Gasteiger partial charge in [-0.2, -0.15) is 0 Å². The molecule has 0 radical (unpaired) electrons. The Hall–Kier alpha value is -7.96. The van der Waals surface area contributed by atoms with Crippen LogP contribution in [-0.2, 0) is 67.1 Å². The molecule has 28 N–H and O–H groups in total. The fourth-order valence-corrected chi connectivity index (χ4v) is 14.1.